The zero-order chi connectivity index (χ0) is 16.1. The second kappa shape index (κ2) is 7.83. The largest absolute Gasteiger partial charge is 0.376 e. The van der Waals surface area contributed by atoms with E-state index in [1.165, 1.54) is 11.8 Å². The van der Waals surface area contributed by atoms with Crippen molar-refractivity contribution in [1.82, 2.24) is 14.9 Å². The first-order valence-electron chi connectivity index (χ1n) is 7.73. The second-order valence-corrected chi connectivity index (χ2v) is 6.91. The van der Waals surface area contributed by atoms with Gasteiger partial charge >= 0.3 is 0 Å². The van der Waals surface area contributed by atoms with Crippen LogP contribution in [0.1, 0.15) is 31.2 Å². The van der Waals surface area contributed by atoms with Gasteiger partial charge in [-0.25, -0.2) is 4.98 Å². The molecule has 5 nitrogen and oxygen atoms in total. The maximum absolute atomic E-state index is 12.0. The van der Waals surface area contributed by atoms with Crippen LogP contribution in [0.4, 0.5) is 0 Å². The van der Waals surface area contributed by atoms with E-state index >= 15 is 0 Å². The van der Waals surface area contributed by atoms with Crippen molar-refractivity contribution in [3.63, 3.8) is 0 Å². The molecule has 1 aliphatic heterocycles. The van der Waals surface area contributed by atoms with Crippen LogP contribution in [-0.2, 0) is 16.1 Å². The molecule has 0 aromatic carbocycles. The zero-order valence-corrected chi connectivity index (χ0v) is 14.4. The van der Waals surface area contributed by atoms with Crippen LogP contribution in [-0.4, -0.2) is 40.0 Å². The highest BCUT2D eigenvalue weighted by Crippen LogP contribution is 2.27. The van der Waals surface area contributed by atoms with Gasteiger partial charge in [0.1, 0.15) is 0 Å². The number of thioether (sulfide) groups is 1. The fourth-order valence-corrected chi connectivity index (χ4v) is 3.48. The van der Waals surface area contributed by atoms with Gasteiger partial charge in [-0.1, -0.05) is 17.8 Å². The van der Waals surface area contributed by atoms with Crippen molar-refractivity contribution in [2.45, 2.75) is 56.7 Å². The van der Waals surface area contributed by atoms with Crippen molar-refractivity contribution in [2.75, 3.05) is 13.2 Å². The third-order valence-electron chi connectivity index (χ3n) is 3.90. The molecule has 1 fully saturated rings. The summed E-state index contributed by atoms with van der Waals surface area (Å²) in [6.07, 6.45) is 4.16. The SMILES string of the molecule is C=CCNC(=O)C(C)Sc1nc(C)c(C)n1CC1CCCO1. The minimum atomic E-state index is -0.190. The van der Waals surface area contributed by atoms with Gasteiger partial charge in [-0.3, -0.25) is 4.79 Å². The first-order chi connectivity index (χ1) is 10.5. The highest BCUT2D eigenvalue weighted by atomic mass is 32.2. The average molecular weight is 323 g/mol. The monoisotopic (exact) mass is 323 g/mol. The predicted molar refractivity (Wildman–Crippen MR) is 89.2 cm³/mol. The molecular formula is C16H25N3O2S. The summed E-state index contributed by atoms with van der Waals surface area (Å²) in [5.74, 6) is 0.00636. The summed E-state index contributed by atoms with van der Waals surface area (Å²) < 4.78 is 7.92. The Bertz CT molecular complexity index is 536. The number of nitrogens with zero attached hydrogens (tertiary/aromatic N) is 2. The van der Waals surface area contributed by atoms with E-state index in [2.05, 4.69) is 28.4 Å². The summed E-state index contributed by atoms with van der Waals surface area (Å²) in [5.41, 5.74) is 2.16. The zero-order valence-electron chi connectivity index (χ0n) is 13.6. The van der Waals surface area contributed by atoms with Crippen LogP contribution in [0, 0.1) is 13.8 Å². The number of carbonyl (C=O) groups excluding carboxylic acids is 1. The van der Waals surface area contributed by atoms with Crippen LogP contribution >= 0.6 is 11.8 Å². The van der Waals surface area contributed by atoms with E-state index < -0.39 is 0 Å². The molecule has 22 heavy (non-hydrogen) atoms. The summed E-state index contributed by atoms with van der Waals surface area (Å²) in [6, 6.07) is 0. The Morgan fingerprint density at radius 1 is 1.64 bits per heavy atom. The van der Waals surface area contributed by atoms with E-state index in [4.69, 9.17) is 4.74 Å². The molecular weight excluding hydrogens is 298 g/mol. The fraction of sp³-hybridized carbons (Fsp3) is 0.625. The predicted octanol–water partition coefficient (Wildman–Crippen LogP) is 2.46. The van der Waals surface area contributed by atoms with Crippen molar-refractivity contribution in [2.24, 2.45) is 0 Å². The summed E-state index contributed by atoms with van der Waals surface area (Å²) in [4.78, 5) is 16.6. The molecule has 2 heterocycles. The van der Waals surface area contributed by atoms with Crippen LogP contribution in [0.25, 0.3) is 0 Å². The lowest BCUT2D eigenvalue weighted by Crippen LogP contribution is -2.31. The van der Waals surface area contributed by atoms with Crippen molar-refractivity contribution in [3.05, 3.63) is 24.0 Å². The molecule has 1 aliphatic rings. The summed E-state index contributed by atoms with van der Waals surface area (Å²) >= 11 is 1.50. The number of nitrogens with one attached hydrogen (secondary N) is 1. The normalized spacial score (nSPS) is 19.1. The Balaban J connectivity index is 2.07. The van der Waals surface area contributed by atoms with E-state index in [1.807, 2.05) is 13.8 Å². The Kier molecular flexibility index (Phi) is 6.08. The molecule has 0 radical (unpaired) electrons. The summed E-state index contributed by atoms with van der Waals surface area (Å²) in [5, 5.41) is 3.53. The van der Waals surface area contributed by atoms with Crippen LogP contribution in [0.2, 0.25) is 0 Å². The topological polar surface area (TPSA) is 56.2 Å². The lowest BCUT2D eigenvalue weighted by Gasteiger charge is -2.16. The number of aromatic nitrogens is 2. The van der Waals surface area contributed by atoms with Crippen molar-refractivity contribution < 1.29 is 9.53 Å². The van der Waals surface area contributed by atoms with Crippen LogP contribution in [0.5, 0.6) is 0 Å². The van der Waals surface area contributed by atoms with E-state index in [9.17, 15) is 4.79 Å². The van der Waals surface area contributed by atoms with E-state index in [1.54, 1.807) is 6.08 Å². The number of hydrogen-bond donors (Lipinski definition) is 1. The Morgan fingerprint density at radius 3 is 3.05 bits per heavy atom. The molecule has 2 atom stereocenters. The van der Waals surface area contributed by atoms with Crippen molar-refractivity contribution >= 4 is 17.7 Å². The standard InChI is InChI=1S/C16H25N3O2S/c1-5-8-17-15(20)13(4)22-16-18-11(2)12(3)19(16)10-14-7-6-9-21-14/h5,13-14H,1,6-10H2,2-4H3,(H,17,20). The molecule has 1 amide bonds. The van der Waals surface area contributed by atoms with E-state index in [0.29, 0.717) is 6.54 Å². The number of rotatable bonds is 7. The van der Waals surface area contributed by atoms with Gasteiger partial charge in [-0.15, -0.1) is 6.58 Å². The van der Waals surface area contributed by atoms with Gasteiger partial charge in [0.25, 0.3) is 0 Å². The minimum Gasteiger partial charge on any atom is -0.376 e. The van der Waals surface area contributed by atoms with E-state index in [-0.39, 0.29) is 17.3 Å². The van der Waals surface area contributed by atoms with Crippen LogP contribution in [0.15, 0.2) is 17.8 Å². The molecule has 2 rings (SSSR count). The Hall–Kier alpha value is -1.27. The third kappa shape index (κ3) is 4.14. The van der Waals surface area contributed by atoms with Crippen molar-refractivity contribution in [1.29, 1.82) is 0 Å². The van der Waals surface area contributed by atoms with Gasteiger partial charge in [0.2, 0.25) is 5.91 Å². The third-order valence-corrected chi connectivity index (χ3v) is 5.00. The number of aryl methyl sites for hydroxylation is 1. The summed E-state index contributed by atoms with van der Waals surface area (Å²) in [6.45, 7) is 11.7. The fourth-order valence-electron chi connectivity index (χ4n) is 2.45. The maximum Gasteiger partial charge on any atom is 0.233 e. The van der Waals surface area contributed by atoms with Gasteiger partial charge in [0.05, 0.1) is 23.6 Å². The van der Waals surface area contributed by atoms with Gasteiger partial charge < -0.3 is 14.6 Å². The number of hydrogen-bond acceptors (Lipinski definition) is 4. The number of ether oxygens (including phenoxy) is 1. The lowest BCUT2D eigenvalue weighted by atomic mass is 10.2. The average Bonchev–Trinajstić information content (AvgIpc) is 3.09. The van der Waals surface area contributed by atoms with Crippen molar-refractivity contribution in [3.8, 4) is 0 Å². The van der Waals surface area contributed by atoms with Gasteiger partial charge in [-0.2, -0.15) is 0 Å². The molecule has 0 aliphatic carbocycles. The van der Waals surface area contributed by atoms with E-state index in [0.717, 1.165) is 42.5 Å². The molecule has 6 heteroatoms. The highest BCUT2D eigenvalue weighted by Gasteiger charge is 2.23. The highest BCUT2D eigenvalue weighted by molar-refractivity contribution is 8.00. The molecule has 1 N–H and O–H groups in total. The quantitative estimate of drug-likeness (QED) is 0.618. The molecule has 1 aromatic rings. The smallest absolute Gasteiger partial charge is 0.233 e. The Morgan fingerprint density at radius 2 is 2.41 bits per heavy atom. The number of imidazole rings is 1. The molecule has 2 unspecified atom stereocenters. The first-order valence-corrected chi connectivity index (χ1v) is 8.61. The molecule has 122 valence electrons. The minimum absolute atomic E-state index is 0.00636. The molecule has 1 aromatic heterocycles. The molecule has 1 saturated heterocycles. The summed E-state index contributed by atoms with van der Waals surface area (Å²) in [7, 11) is 0. The Labute approximate surface area is 136 Å². The number of carbonyl (C=O) groups is 1. The second-order valence-electron chi connectivity index (χ2n) is 5.60. The number of amides is 1. The molecule has 0 spiro atoms. The van der Waals surface area contributed by atoms with Gasteiger partial charge in [0.15, 0.2) is 5.16 Å². The van der Waals surface area contributed by atoms with Gasteiger partial charge in [-0.05, 0) is 33.6 Å². The first kappa shape index (κ1) is 17.1. The van der Waals surface area contributed by atoms with Gasteiger partial charge in [0, 0.05) is 18.8 Å². The van der Waals surface area contributed by atoms with Crippen LogP contribution in [0.3, 0.4) is 0 Å². The maximum atomic E-state index is 12.0. The lowest BCUT2D eigenvalue weighted by molar-refractivity contribution is -0.120. The molecule has 0 bridgehead atoms. The molecule has 0 saturated carbocycles. The van der Waals surface area contributed by atoms with Crippen LogP contribution < -0.4 is 5.32 Å².